The van der Waals surface area contributed by atoms with Crippen LogP contribution in [0.4, 0.5) is 5.82 Å². The highest BCUT2D eigenvalue weighted by molar-refractivity contribution is 5.37. The topological polar surface area (TPSA) is 77.8 Å². The van der Waals surface area contributed by atoms with Crippen LogP contribution in [-0.2, 0) is 13.1 Å². The summed E-state index contributed by atoms with van der Waals surface area (Å²) in [7, 11) is 1.57. The zero-order valence-electron chi connectivity index (χ0n) is 9.79. The van der Waals surface area contributed by atoms with E-state index in [-0.39, 0.29) is 0 Å². The lowest BCUT2D eigenvalue weighted by atomic mass is 10.5. The molecule has 0 amide bonds. The summed E-state index contributed by atoms with van der Waals surface area (Å²) < 4.78 is 6.98. The first kappa shape index (κ1) is 11.3. The van der Waals surface area contributed by atoms with Crippen molar-refractivity contribution in [1.82, 2.24) is 24.7 Å². The molecule has 0 aliphatic rings. The number of nitrogens with zero attached hydrogens (tertiary/aromatic N) is 5. The average molecular weight is 234 g/mol. The van der Waals surface area contributed by atoms with Crippen LogP contribution in [0.15, 0.2) is 18.7 Å². The largest absolute Gasteiger partial charge is 0.481 e. The molecule has 0 aliphatic heterocycles. The van der Waals surface area contributed by atoms with E-state index in [2.05, 4.69) is 25.5 Å². The summed E-state index contributed by atoms with van der Waals surface area (Å²) in [6.45, 7) is 3.45. The van der Waals surface area contributed by atoms with E-state index in [1.807, 2.05) is 11.5 Å². The number of ether oxygens (including phenoxy) is 1. The molecule has 0 unspecified atom stereocenters. The van der Waals surface area contributed by atoms with Crippen LogP contribution >= 0.6 is 0 Å². The van der Waals surface area contributed by atoms with Gasteiger partial charge in [0.25, 0.3) is 0 Å². The summed E-state index contributed by atoms with van der Waals surface area (Å²) in [5, 5.41) is 11.0. The molecule has 0 aromatic carbocycles. The zero-order chi connectivity index (χ0) is 12.1. The Morgan fingerprint density at radius 2 is 2.29 bits per heavy atom. The molecule has 0 saturated carbocycles. The van der Waals surface area contributed by atoms with Gasteiger partial charge in [0.15, 0.2) is 5.82 Å². The standard InChI is InChI=1S/C10H14N6O/c1-3-16-7-14-15-9(16)5-11-8-4-10(17-2)13-6-12-8/h4,6-7H,3,5H2,1-2H3,(H,11,12,13). The van der Waals surface area contributed by atoms with Gasteiger partial charge in [0.2, 0.25) is 5.88 Å². The predicted octanol–water partition coefficient (Wildman–Crippen LogP) is 0.709. The Morgan fingerprint density at radius 3 is 3.06 bits per heavy atom. The van der Waals surface area contributed by atoms with Crippen LogP contribution in [0.2, 0.25) is 0 Å². The van der Waals surface area contributed by atoms with Crippen molar-refractivity contribution in [3.05, 3.63) is 24.5 Å². The van der Waals surface area contributed by atoms with Gasteiger partial charge in [0.05, 0.1) is 13.7 Å². The SMILES string of the molecule is CCn1cnnc1CNc1cc(OC)ncn1. The fraction of sp³-hybridized carbons (Fsp3) is 0.400. The number of nitrogens with one attached hydrogen (secondary N) is 1. The molecule has 0 bridgehead atoms. The molecular formula is C10H14N6O. The third kappa shape index (κ3) is 2.68. The fourth-order valence-electron chi connectivity index (χ4n) is 1.40. The second-order valence-corrected chi connectivity index (χ2v) is 3.33. The lowest BCUT2D eigenvalue weighted by Gasteiger charge is -2.06. The summed E-state index contributed by atoms with van der Waals surface area (Å²) in [6.07, 6.45) is 3.16. The van der Waals surface area contributed by atoms with Gasteiger partial charge in [-0.15, -0.1) is 10.2 Å². The second kappa shape index (κ2) is 5.24. The first-order chi connectivity index (χ1) is 8.33. The minimum atomic E-state index is 0.527. The molecule has 0 spiro atoms. The van der Waals surface area contributed by atoms with Crippen LogP contribution < -0.4 is 10.1 Å². The Labute approximate surface area is 98.9 Å². The summed E-state index contributed by atoms with van der Waals surface area (Å²) in [5.74, 6) is 2.09. The molecule has 2 aromatic rings. The summed E-state index contributed by atoms with van der Waals surface area (Å²) in [5.41, 5.74) is 0. The molecule has 2 aromatic heterocycles. The third-order valence-electron chi connectivity index (χ3n) is 2.32. The lowest BCUT2D eigenvalue weighted by molar-refractivity contribution is 0.397. The van der Waals surface area contributed by atoms with E-state index in [9.17, 15) is 0 Å². The van der Waals surface area contributed by atoms with E-state index < -0.39 is 0 Å². The number of rotatable bonds is 5. The van der Waals surface area contributed by atoms with E-state index >= 15 is 0 Å². The maximum absolute atomic E-state index is 5.01. The van der Waals surface area contributed by atoms with Crippen molar-refractivity contribution < 1.29 is 4.74 Å². The van der Waals surface area contributed by atoms with Crippen molar-refractivity contribution in [2.75, 3.05) is 12.4 Å². The quantitative estimate of drug-likeness (QED) is 0.820. The van der Waals surface area contributed by atoms with E-state index in [0.717, 1.165) is 12.4 Å². The van der Waals surface area contributed by atoms with Crippen LogP contribution in [-0.4, -0.2) is 31.8 Å². The van der Waals surface area contributed by atoms with E-state index in [1.165, 1.54) is 6.33 Å². The Morgan fingerprint density at radius 1 is 1.41 bits per heavy atom. The van der Waals surface area contributed by atoms with Crippen LogP contribution in [0.5, 0.6) is 5.88 Å². The first-order valence-electron chi connectivity index (χ1n) is 5.30. The number of anilines is 1. The highest BCUT2D eigenvalue weighted by atomic mass is 16.5. The Balaban J connectivity index is 2.02. The monoisotopic (exact) mass is 234 g/mol. The second-order valence-electron chi connectivity index (χ2n) is 3.33. The molecule has 2 rings (SSSR count). The summed E-state index contributed by atoms with van der Waals surface area (Å²) in [6, 6.07) is 1.73. The highest BCUT2D eigenvalue weighted by Crippen LogP contribution is 2.10. The van der Waals surface area contributed by atoms with Gasteiger partial charge in [0.1, 0.15) is 18.5 Å². The van der Waals surface area contributed by atoms with Crippen LogP contribution in [0.1, 0.15) is 12.7 Å². The van der Waals surface area contributed by atoms with Gasteiger partial charge < -0.3 is 14.6 Å². The minimum absolute atomic E-state index is 0.527. The van der Waals surface area contributed by atoms with Crippen molar-refractivity contribution in [1.29, 1.82) is 0 Å². The molecule has 0 saturated heterocycles. The van der Waals surface area contributed by atoms with E-state index in [1.54, 1.807) is 19.5 Å². The fourth-order valence-corrected chi connectivity index (χ4v) is 1.40. The minimum Gasteiger partial charge on any atom is -0.481 e. The molecule has 17 heavy (non-hydrogen) atoms. The molecule has 0 fully saturated rings. The number of methoxy groups -OCH3 is 1. The van der Waals surface area contributed by atoms with E-state index in [0.29, 0.717) is 18.2 Å². The average Bonchev–Trinajstić information content (AvgIpc) is 2.84. The smallest absolute Gasteiger partial charge is 0.218 e. The normalized spacial score (nSPS) is 10.2. The van der Waals surface area contributed by atoms with Gasteiger partial charge in [-0.05, 0) is 6.92 Å². The van der Waals surface area contributed by atoms with Crippen molar-refractivity contribution in [3.63, 3.8) is 0 Å². The van der Waals surface area contributed by atoms with Crippen LogP contribution in [0, 0.1) is 0 Å². The molecular weight excluding hydrogens is 220 g/mol. The molecule has 90 valence electrons. The number of aromatic nitrogens is 5. The van der Waals surface area contributed by atoms with Gasteiger partial charge in [0, 0.05) is 12.6 Å². The molecule has 1 N–H and O–H groups in total. The Bertz CT molecular complexity index is 483. The third-order valence-corrected chi connectivity index (χ3v) is 2.32. The first-order valence-corrected chi connectivity index (χ1v) is 5.30. The van der Waals surface area contributed by atoms with E-state index in [4.69, 9.17) is 4.74 Å². The Kier molecular flexibility index (Phi) is 3.49. The predicted molar refractivity (Wildman–Crippen MR) is 61.6 cm³/mol. The molecule has 7 nitrogen and oxygen atoms in total. The van der Waals surface area contributed by atoms with Gasteiger partial charge in [-0.3, -0.25) is 0 Å². The summed E-state index contributed by atoms with van der Waals surface area (Å²) in [4.78, 5) is 8.01. The summed E-state index contributed by atoms with van der Waals surface area (Å²) >= 11 is 0. The lowest BCUT2D eigenvalue weighted by Crippen LogP contribution is -2.08. The molecule has 2 heterocycles. The Hall–Kier alpha value is -2.18. The molecule has 0 aliphatic carbocycles. The molecule has 0 radical (unpaired) electrons. The van der Waals surface area contributed by atoms with Crippen molar-refractivity contribution in [2.45, 2.75) is 20.0 Å². The zero-order valence-corrected chi connectivity index (χ0v) is 9.79. The number of hydrogen-bond donors (Lipinski definition) is 1. The molecule has 0 atom stereocenters. The van der Waals surface area contributed by atoms with Gasteiger partial charge in [-0.1, -0.05) is 0 Å². The van der Waals surface area contributed by atoms with Gasteiger partial charge in [-0.25, -0.2) is 9.97 Å². The van der Waals surface area contributed by atoms with Gasteiger partial charge >= 0.3 is 0 Å². The maximum atomic E-state index is 5.01. The maximum Gasteiger partial charge on any atom is 0.218 e. The highest BCUT2D eigenvalue weighted by Gasteiger charge is 2.03. The van der Waals surface area contributed by atoms with Crippen LogP contribution in [0.3, 0.4) is 0 Å². The number of hydrogen-bond acceptors (Lipinski definition) is 6. The van der Waals surface area contributed by atoms with Crippen molar-refractivity contribution in [2.24, 2.45) is 0 Å². The van der Waals surface area contributed by atoms with Crippen LogP contribution in [0.25, 0.3) is 0 Å². The number of aryl methyl sites for hydroxylation is 1. The van der Waals surface area contributed by atoms with Crippen molar-refractivity contribution >= 4 is 5.82 Å². The van der Waals surface area contributed by atoms with Crippen molar-refractivity contribution in [3.8, 4) is 5.88 Å². The van der Waals surface area contributed by atoms with Gasteiger partial charge in [-0.2, -0.15) is 0 Å². The molecule has 7 heteroatoms.